The van der Waals surface area contributed by atoms with Gasteiger partial charge in [0.05, 0.1) is 0 Å². The van der Waals surface area contributed by atoms with Crippen LogP contribution in [0.25, 0.3) is 0 Å². The Morgan fingerprint density at radius 1 is 1.15 bits per heavy atom. The minimum atomic E-state index is -0.573. The van der Waals surface area contributed by atoms with Gasteiger partial charge in [-0.15, -0.1) is 0 Å². The second-order valence-corrected chi connectivity index (χ2v) is 8.27. The van der Waals surface area contributed by atoms with Crippen molar-refractivity contribution in [1.29, 1.82) is 0 Å². The van der Waals surface area contributed by atoms with Gasteiger partial charge in [0.1, 0.15) is 11.6 Å². The van der Waals surface area contributed by atoms with Crippen molar-refractivity contribution in [3.05, 3.63) is 29.8 Å². The molecule has 5 nitrogen and oxygen atoms in total. The SMILES string of the molecule is CCCC(C)(C)OC(=O)NC(C(=O)Nc1ccc(C)cc1)C1CCCCC1. The Morgan fingerprint density at radius 2 is 1.78 bits per heavy atom. The number of ether oxygens (including phenoxy) is 1. The summed E-state index contributed by atoms with van der Waals surface area (Å²) < 4.78 is 5.59. The van der Waals surface area contributed by atoms with Crippen LogP contribution in [0.3, 0.4) is 0 Å². The molecule has 1 saturated carbocycles. The summed E-state index contributed by atoms with van der Waals surface area (Å²) >= 11 is 0. The lowest BCUT2D eigenvalue weighted by molar-refractivity contribution is -0.119. The van der Waals surface area contributed by atoms with Crippen molar-refractivity contribution in [3.63, 3.8) is 0 Å². The maximum Gasteiger partial charge on any atom is 0.408 e. The number of benzene rings is 1. The number of carbonyl (C=O) groups excluding carboxylic acids is 2. The smallest absolute Gasteiger partial charge is 0.408 e. The van der Waals surface area contributed by atoms with Gasteiger partial charge in [0.2, 0.25) is 5.91 Å². The highest BCUT2D eigenvalue weighted by Gasteiger charge is 2.33. The lowest BCUT2D eigenvalue weighted by Crippen LogP contribution is -2.50. The fourth-order valence-electron chi connectivity index (χ4n) is 3.78. The lowest BCUT2D eigenvalue weighted by Gasteiger charge is -2.31. The molecule has 0 saturated heterocycles. The van der Waals surface area contributed by atoms with Crippen molar-refractivity contribution in [2.24, 2.45) is 5.92 Å². The molecule has 0 spiro atoms. The molecule has 1 aliphatic carbocycles. The maximum absolute atomic E-state index is 12.9. The van der Waals surface area contributed by atoms with Gasteiger partial charge in [-0.25, -0.2) is 4.79 Å². The molecule has 0 heterocycles. The maximum atomic E-state index is 12.9. The van der Waals surface area contributed by atoms with E-state index in [2.05, 4.69) is 17.6 Å². The van der Waals surface area contributed by atoms with Crippen LogP contribution in [0, 0.1) is 12.8 Å². The average Bonchev–Trinajstić information content (AvgIpc) is 2.61. The molecule has 2 amide bonds. The van der Waals surface area contributed by atoms with Crippen molar-refractivity contribution in [2.45, 2.75) is 84.3 Å². The van der Waals surface area contributed by atoms with E-state index in [-0.39, 0.29) is 11.8 Å². The van der Waals surface area contributed by atoms with Gasteiger partial charge in [-0.3, -0.25) is 4.79 Å². The fourth-order valence-corrected chi connectivity index (χ4v) is 3.78. The zero-order valence-electron chi connectivity index (χ0n) is 17.1. The molecular formula is C22H34N2O3. The number of hydrogen-bond donors (Lipinski definition) is 2. The summed E-state index contributed by atoms with van der Waals surface area (Å²) in [7, 11) is 0. The Bertz CT molecular complexity index is 619. The van der Waals surface area contributed by atoms with E-state index in [0.717, 1.165) is 49.8 Å². The zero-order valence-corrected chi connectivity index (χ0v) is 17.1. The van der Waals surface area contributed by atoms with Crippen molar-refractivity contribution in [2.75, 3.05) is 5.32 Å². The topological polar surface area (TPSA) is 67.4 Å². The predicted octanol–water partition coefficient (Wildman–Crippen LogP) is 5.19. The summed E-state index contributed by atoms with van der Waals surface area (Å²) in [5.41, 5.74) is 1.34. The fraction of sp³-hybridized carbons (Fsp3) is 0.636. The van der Waals surface area contributed by atoms with Crippen molar-refractivity contribution in [1.82, 2.24) is 5.32 Å². The molecule has 0 radical (unpaired) electrons. The van der Waals surface area contributed by atoms with Gasteiger partial charge in [-0.1, -0.05) is 50.3 Å². The lowest BCUT2D eigenvalue weighted by atomic mass is 9.83. The molecule has 150 valence electrons. The number of nitrogens with one attached hydrogen (secondary N) is 2. The molecule has 2 rings (SSSR count). The van der Waals surface area contributed by atoms with Crippen LogP contribution in [-0.4, -0.2) is 23.6 Å². The summed E-state index contributed by atoms with van der Waals surface area (Å²) in [4.78, 5) is 25.4. The van der Waals surface area contributed by atoms with Gasteiger partial charge < -0.3 is 15.4 Å². The van der Waals surface area contributed by atoms with Gasteiger partial charge >= 0.3 is 6.09 Å². The highest BCUT2D eigenvalue weighted by molar-refractivity contribution is 5.96. The van der Waals surface area contributed by atoms with Crippen molar-refractivity contribution < 1.29 is 14.3 Å². The van der Waals surface area contributed by atoms with Crippen LogP contribution < -0.4 is 10.6 Å². The molecule has 1 aliphatic rings. The van der Waals surface area contributed by atoms with Gasteiger partial charge in [-0.05, 0) is 58.1 Å². The molecule has 27 heavy (non-hydrogen) atoms. The van der Waals surface area contributed by atoms with E-state index >= 15 is 0 Å². The Hall–Kier alpha value is -2.04. The number of alkyl carbamates (subject to hydrolysis) is 1. The highest BCUT2D eigenvalue weighted by atomic mass is 16.6. The molecule has 0 aliphatic heterocycles. The van der Waals surface area contributed by atoms with Crippen molar-refractivity contribution >= 4 is 17.7 Å². The van der Waals surface area contributed by atoms with Crippen molar-refractivity contribution in [3.8, 4) is 0 Å². The predicted molar refractivity (Wildman–Crippen MR) is 109 cm³/mol. The van der Waals surface area contributed by atoms with E-state index in [1.807, 2.05) is 45.0 Å². The summed E-state index contributed by atoms with van der Waals surface area (Å²) in [6.07, 6.45) is 6.48. The number of amides is 2. The third kappa shape index (κ3) is 6.89. The van der Waals surface area contributed by atoms with Crippen LogP contribution in [0.15, 0.2) is 24.3 Å². The second kappa shape index (κ2) is 9.77. The van der Waals surface area contributed by atoms with E-state index in [1.54, 1.807) is 0 Å². The summed E-state index contributed by atoms with van der Waals surface area (Å²) in [5.74, 6) is -0.0259. The van der Waals surface area contributed by atoms with E-state index in [1.165, 1.54) is 6.42 Å². The zero-order chi connectivity index (χ0) is 19.9. The first-order chi connectivity index (χ1) is 12.8. The van der Waals surface area contributed by atoms with Crippen LogP contribution in [0.4, 0.5) is 10.5 Å². The summed E-state index contributed by atoms with van der Waals surface area (Å²) in [5, 5.41) is 5.81. The normalized spacial score (nSPS) is 16.4. The quantitative estimate of drug-likeness (QED) is 0.690. The first-order valence-electron chi connectivity index (χ1n) is 10.2. The third-order valence-corrected chi connectivity index (χ3v) is 5.22. The molecule has 2 N–H and O–H groups in total. The van der Waals surface area contributed by atoms with Crippen LogP contribution >= 0.6 is 0 Å². The molecule has 0 bridgehead atoms. The Morgan fingerprint density at radius 3 is 2.37 bits per heavy atom. The van der Waals surface area contributed by atoms with Crippen LogP contribution in [0.5, 0.6) is 0 Å². The van der Waals surface area contributed by atoms with E-state index < -0.39 is 17.7 Å². The number of hydrogen-bond acceptors (Lipinski definition) is 3. The van der Waals surface area contributed by atoms with Crippen LogP contribution in [0.1, 0.15) is 71.3 Å². The number of carbonyl (C=O) groups is 2. The first-order valence-corrected chi connectivity index (χ1v) is 10.2. The molecule has 1 unspecified atom stereocenters. The summed E-state index contributed by atoms with van der Waals surface area (Å²) in [6.45, 7) is 7.87. The molecule has 5 heteroatoms. The Kier molecular flexibility index (Phi) is 7.69. The highest BCUT2D eigenvalue weighted by Crippen LogP contribution is 2.28. The largest absolute Gasteiger partial charge is 0.444 e. The third-order valence-electron chi connectivity index (χ3n) is 5.22. The average molecular weight is 375 g/mol. The molecule has 1 aromatic rings. The number of rotatable bonds is 7. The standard InChI is InChI=1S/C22H34N2O3/c1-5-15-22(3,4)27-21(26)24-19(17-9-7-6-8-10-17)20(25)23-18-13-11-16(2)12-14-18/h11-14,17,19H,5-10,15H2,1-4H3,(H,23,25)(H,24,26). The molecular weight excluding hydrogens is 340 g/mol. The first kappa shape index (κ1) is 21.3. The van der Waals surface area contributed by atoms with E-state index in [9.17, 15) is 9.59 Å². The molecule has 1 fully saturated rings. The Balaban J connectivity index is 2.06. The summed E-state index contributed by atoms with van der Waals surface area (Å²) in [6, 6.07) is 7.11. The van der Waals surface area contributed by atoms with Crippen LogP contribution in [-0.2, 0) is 9.53 Å². The van der Waals surface area contributed by atoms with Gasteiger partial charge in [0.15, 0.2) is 0 Å². The Labute approximate surface area is 163 Å². The minimum absolute atomic E-state index is 0.144. The van der Waals surface area contributed by atoms with E-state index in [0.29, 0.717) is 0 Å². The monoisotopic (exact) mass is 374 g/mol. The van der Waals surface area contributed by atoms with E-state index in [4.69, 9.17) is 4.74 Å². The number of anilines is 1. The molecule has 1 atom stereocenters. The number of aryl methyl sites for hydroxylation is 1. The minimum Gasteiger partial charge on any atom is -0.444 e. The van der Waals surface area contributed by atoms with Gasteiger partial charge in [0, 0.05) is 5.69 Å². The van der Waals surface area contributed by atoms with Crippen LogP contribution in [0.2, 0.25) is 0 Å². The molecule has 0 aromatic heterocycles. The second-order valence-electron chi connectivity index (χ2n) is 8.27. The van der Waals surface area contributed by atoms with Gasteiger partial charge in [0.25, 0.3) is 0 Å². The molecule has 1 aromatic carbocycles. The van der Waals surface area contributed by atoms with Gasteiger partial charge in [-0.2, -0.15) is 0 Å².